The van der Waals surface area contributed by atoms with Crippen molar-refractivity contribution in [2.24, 2.45) is 4.99 Å². The topological polar surface area (TPSA) is 50.7 Å². The van der Waals surface area contributed by atoms with Crippen LogP contribution in [0.4, 0.5) is 0 Å². The zero-order valence-electron chi connectivity index (χ0n) is 16.2. The van der Waals surface area contributed by atoms with Crippen LogP contribution in [0.15, 0.2) is 76.4 Å². The Morgan fingerprint density at radius 3 is 2.18 bits per heavy atom. The zero-order valence-corrected chi connectivity index (χ0v) is 16.9. The van der Waals surface area contributed by atoms with Gasteiger partial charge in [-0.05, 0) is 24.5 Å². The van der Waals surface area contributed by atoms with Gasteiger partial charge in [-0.3, -0.25) is 4.99 Å². The number of esters is 1. The van der Waals surface area contributed by atoms with Gasteiger partial charge in [-0.15, -0.1) is 0 Å². The standard InChI is InChI=1S/C23H25ClN2O2/c1-3-4-15-19-25-16(2)20(22(24)26-19)23(27)28-21(17-11-7-5-8-12-17)18-13-9-6-10-14-18/h5-14,16,21H,3-4,15H2,1-2H3,(H,25,26). The third-order valence-electron chi connectivity index (χ3n) is 4.67. The lowest BCUT2D eigenvalue weighted by molar-refractivity contribution is -0.143. The molecule has 0 saturated carbocycles. The Kier molecular flexibility index (Phi) is 6.88. The minimum Gasteiger partial charge on any atom is -0.449 e. The van der Waals surface area contributed by atoms with Crippen LogP contribution < -0.4 is 5.32 Å². The van der Waals surface area contributed by atoms with E-state index in [4.69, 9.17) is 16.3 Å². The normalized spacial score (nSPS) is 16.6. The molecular weight excluding hydrogens is 372 g/mol. The van der Waals surface area contributed by atoms with E-state index >= 15 is 0 Å². The van der Waals surface area contributed by atoms with E-state index in [-0.39, 0.29) is 6.04 Å². The van der Waals surface area contributed by atoms with Crippen molar-refractivity contribution in [3.05, 3.63) is 82.5 Å². The number of hydrogen-bond donors (Lipinski definition) is 1. The molecule has 0 amide bonds. The number of amidine groups is 1. The van der Waals surface area contributed by atoms with Gasteiger partial charge in [0.25, 0.3) is 0 Å². The van der Waals surface area contributed by atoms with Crippen LogP contribution in [0, 0.1) is 0 Å². The summed E-state index contributed by atoms with van der Waals surface area (Å²) in [4.78, 5) is 17.6. The van der Waals surface area contributed by atoms with E-state index in [9.17, 15) is 4.79 Å². The first-order valence-electron chi connectivity index (χ1n) is 9.64. The lowest BCUT2D eigenvalue weighted by Crippen LogP contribution is -2.33. The first-order chi connectivity index (χ1) is 13.6. The number of carbonyl (C=O) groups is 1. The zero-order chi connectivity index (χ0) is 19.9. The molecule has 0 saturated heterocycles. The molecule has 1 aliphatic heterocycles. The van der Waals surface area contributed by atoms with E-state index in [2.05, 4.69) is 17.2 Å². The lowest BCUT2D eigenvalue weighted by Gasteiger charge is -2.25. The Balaban J connectivity index is 1.83. The highest BCUT2D eigenvalue weighted by atomic mass is 35.5. The molecule has 0 aliphatic carbocycles. The Hall–Kier alpha value is -2.59. The van der Waals surface area contributed by atoms with Crippen molar-refractivity contribution < 1.29 is 9.53 Å². The smallest absolute Gasteiger partial charge is 0.340 e. The quantitative estimate of drug-likeness (QED) is 0.507. The van der Waals surface area contributed by atoms with Crippen LogP contribution in [0.3, 0.4) is 0 Å². The van der Waals surface area contributed by atoms with Crippen LogP contribution in [0.5, 0.6) is 0 Å². The number of benzene rings is 2. The molecule has 2 aromatic carbocycles. The second-order valence-electron chi connectivity index (χ2n) is 6.81. The van der Waals surface area contributed by atoms with Gasteiger partial charge in [0.05, 0.1) is 11.6 Å². The number of aliphatic imine (C=N–C) groups is 1. The van der Waals surface area contributed by atoms with Crippen molar-refractivity contribution in [1.82, 2.24) is 5.32 Å². The summed E-state index contributed by atoms with van der Waals surface area (Å²) in [6.07, 6.45) is 2.40. The molecule has 1 aliphatic rings. The van der Waals surface area contributed by atoms with Crippen molar-refractivity contribution in [1.29, 1.82) is 0 Å². The van der Waals surface area contributed by atoms with E-state index in [0.29, 0.717) is 10.7 Å². The Morgan fingerprint density at radius 1 is 1.11 bits per heavy atom. The molecule has 0 fully saturated rings. The Bertz CT molecular complexity index is 823. The highest BCUT2D eigenvalue weighted by Gasteiger charge is 2.29. The van der Waals surface area contributed by atoms with Crippen LogP contribution in [0.1, 0.15) is 50.3 Å². The number of ether oxygens (including phenoxy) is 1. The monoisotopic (exact) mass is 396 g/mol. The van der Waals surface area contributed by atoms with E-state index in [1.54, 1.807) is 0 Å². The molecule has 3 rings (SSSR count). The number of nitrogens with one attached hydrogen (secondary N) is 1. The molecule has 146 valence electrons. The van der Waals surface area contributed by atoms with Gasteiger partial charge < -0.3 is 10.1 Å². The summed E-state index contributed by atoms with van der Waals surface area (Å²) < 4.78 is 5.93. The van der Waals surface area contributed by atoms with Crippen LogP contribution in [0.2, 0.25) is 0 Å². The summed E-state index contributed by atoms with van der Waals surface area (Å²) in [5.41, 5.74) is 2.17. The van der Waals surface area contributed by atoms with Crippen LogP contribution in [-0.2, 0) is 9.53 Å². The van der Waals surface area contributed by atoms with Crippen molar-refractivity contribution in [2.45, 2.75) is 45.3 Å². The number of carbonyl (C=O) groups excluding carboxylic acids is 1. The van der Waals surface area contributed by atoms with E-state index in [1.807, 2.05) is 67.6 Å². The summed E-state index contributed by atoms with van der Waals surface area (Å²) in [6.45, 7) is 3.99. The maximum absolute atomic E-state index is 13.0. The molecule has 0 aromatic heterocycles. The van der Waals surface area contributed by atoms with Gasteiger partial charge in [0.15, 0.2) is 6.10 Å². The second kappa shape index (κ2) is 9.56. The fourth-order valence-electron chi connectivity index (χ4n) is 3.19. The first kappa shape index (κ1) is 20.2. The molecule has 1 unspecified atom stereocenters. The van der Waals surface area contributed by atoms with Crippen molar-refractivity contribution >= 4 is 23.4 Å². The van der Waals surface area contributed by atoms with Gasteiger partial charge in [-0.25, -0.2) is 4.79 Å². The first-order valence-corrected chi connectivity index (χ1v) is 10.0. The van der Waals surface area contributed by atoms with Gasteiger partial charge >= 0.3 is 5.97 Å². The van der Waals surface area contributed by atoms with E-state index in [0.717, 1.165) is 36.2 Å². The molecule has 0 bridgehead atoms. The summed E-state index contributed by atoms with van der Waals surface area (Å²) in [6, 6.07) is 19.0. The average Bonchev–Trinajstić information content (AvgIpc) is 2.71. The predicted molar refractivity (Wildman–Crippen MR) is 113 cm³/mol. The Labute approximate surface area is 171 Å². The van der Waals surface area contributed by atoms with Gasteiger partial charge in [0, 0.05) is 6.42 Å². The Morgan fingerprint density at radius 2 is 1.68 bits per heavy atom. The minimum atomic E-state index is -0.510. The van der Waals surface area contributed by atoms with Crippen LogP contribution in [0.25, 0.3) is 0 Å². The molecule has 2 aromatic rings. The molecule has 1 heterocycles. The molecule has 0 radical (unpaired) electrons. The van der Waals surface area contributed by atoms with Gasteiger partial charge in [0.1, 0.15) is 11.0 Å². The molecule has 1 atom stereocenters. The van der Waals surface area contributed by atoms with Gasteiger partial charge in [-0.2, -0.15) is 0 Å². The number of nitrogens with zero attached hydrogens (tertiary/aromatic N) is 1. The third-order valence-corrected chi connectivity index (χ3v) is 4.97. The number of halogens is 1. The molecule has 4 nitrogen and oxygen atoms in total. The summed E-state index contributed by atoms with van der Waals surface area (Å²) in [7, 11) is 0. The van der Waals surface area contributed by atoms with E-state index in [1.165, 1.54) is 0 Å². The highest BCUT2D eigenvalue weighted by Crippen LogP contribution is 2.29. The summed E-state index contributed by atoms with van der Waals surface area (Å²) >= 11 is 6.41. The highest BCUT2D eigenvalue weighted by molar-refractivity contribution is 6.33. The predicted octanol–water partition coefficient (Wildman–Crippen LogP) is 5.35. The molecule has 0 spiro atoms. The summed E-state index contributed by atoms with van der Waals surface area (Å²) in [5, 5.41) is 3.36. The fourth-order valence-corrected chi connectivity index (χ4v) is 3.54. The van der Waals surface area contributed by atoms with Crippen LogP contribution in [-0.4, -0.2) is 17.8 Å². The fraction of sp³-hybridized carbons (Fsp3) is 0.304. The van der Waals surface area contributed by atoms with Crippen molar-refractivity contribution in [2.75, 3.05) is 0 Å². The molecule has 28 heavy (non-hydrogen) atoms. The largest absolute Gasteiger partial charge is 0.449 e. The SMILES string of the molecule is CCCCC1=NC(C)C(C(=O)OC(c2ccccc2)c2ccccc2)=C(Cl)N1. The molecule has 1 N–H and O–H groups in total. The number of rotatable bonds is 7. The maximum atomic E-state index is 13.0. The molecular formula is C23H25ClN2O2. The number of hydrogen-bond acceptors (Lipinski definition) is 4. The minimum absolute atomic E-state index is 0.304. The van der Waals surface area contributed by atoms with Crippen molar-refractivity contribution in [3.8, 4) is 0 Å². The van der Waals surface area contributed by atoms with Crippen LogP contribution >= 0.6 is 11.6 Å². The van der Waals surface area contributed by atoms with Gasteiger partial charge in [0.2, 0.25) is 0 Å². The van der Waals surface area contributed by atoms with Gasteiger partial charge in [-0.1, -0.05) is 85.6 Å². The molecule has 5 heteroatoms. The lowest BCUT2D eigenvalue weighted by atomic mass is 10.0. The number of unbranched alkanes of at least 4 members (excludes halogenated alkanes) is 1. The average molecular weight is 397 g/mol. The van der Waals surface area contributed by atoms with Crippen molar-refractivity contribution in [3.63, 3.8) is 0 Å². The van der Waals surface area contributed by atoms with E-state index < -0.39 is 12.1 Å². The summed E-state index contributed by atoms with van der Waals surface area (Å²) in [5.74, 6) is 0.361. The third kappa shape index (κ3) is 4.82. The second-order valence-corrected chi connectivity index (χ2v) is 7.19. The maximum Gasteiger partial charge on any atom is 0.340 e.